The fourth-order valence-electron chi connectivity index (χ4n) is 6.30. The van der Waals surface area contributed by atoms with E-state index in [1.165, 1.54) is 36.8 Å². The van der Waals surface area contributed by atoms with Gasteiger partial charge >= 0.3 is 0 Å². The van der Waals surface area contributed by atoms with Gasteiger partial charge in [0.05, 0.1) is 35.3 Å². The normalized spacial score (nSPS) is 22.8. The molecule has 4 atom stereocenters. The highest BCUT2D eigenvalue weighted by molar-refractivity contribution is 7.92. The number of sulfonamides is 1. The van der Waals surface area contributed by atoms with Crippen LogP contribution in [0.15, 0.2) is 47.4 Å². The Labute approximate surface area is 284 Å². The Morgan fingerprint density at radius 3 is 2.43 bits per heavy atom. The molecule has 0 unspecified atom stereocenters. The van der Waals surface area contributed by atoms with Crippen LogP contribution in [0.2, 0.25) is 5.02 Å². The molecule has 0 saturated heterocycles. The molecule has 2 aliphatic rings. The summed E-state index contributed by atoms with van der Waals surface area (Å²) in [7, 11) is -2.14. The summed E-state index contributed by atoms with van der Waals surface area (Å²) in [5.74, 6) is -0.0743. The van der Waals surface area contributed by atoms with Crippen LogP contribution in [0, 0.1) is 11.8 Å². The maximum atomic E-state index is 14.4. The first-order valence-corrected chi connectivity index (χ1v) is 18.6. The Morgan fingerprint density at radius 1 is 1.06 bits per heavy atom. The molecule has 0 spiro atoms. The quantitative estimate of drug-likeness (QED) is 0.349. The van der Waals surface area contributed by atoms with E-state index in [-0.39, 0.29) is 59.2 Å². The zero-order valence-corrected chi connectivity index (χ0v) is 29.6. The third-order valence-corrected chi connectivity index (χ3v) is 10.9. The summed E-state index contributed by atoms with van der Waals surface area (Å²) >= 11 is 5.95. The number of fused-ring (bicyclic) bond motifs is 1. The Bertz CT molecular complexity index is 1450. The van der Waals surface area contributed by atoms with E-state index in [4.69, 9.17) is 21.1 Å². The van der Waals surface area contributed by atoms with E-state index in [0.717, 1.165) is 44.9 Å². The van der Waals surface area contributed by atoms with E-state index in [9.17, 15) is 23.1 Å². The molecule has 10 nitrogen and oxygen atoms in total. The number of carbonyl (C=O) groups is 2. The molecule has 1 heterocycles. The second-order valence-corrected chi connectivity index (χ2v) is 15.2. The van der Waals surface area contributed by atoms with Crippen LogP contribution in [0.5, 0.6) is 5.75 Å². The van der Waals surface area contributed by atoms with Crippen molar-refractivity contribution < 1.29 is 32.6 Å². The van der Waals surface area contributed by atoms with E-state index in [2.05, 4.69) is 4.72 Å². The first-order valence-electron chi connectivity index (χ1n) is 16.8. The first kappa shape index (κ1) is 37.0. The van der Waals surface area contributed by atoms with E-state index in [1.54, 1.807) is 28.9 Å². The van der Waals surface area contributed by atoms with Gasteiger partial charge in [0.15, 0.2) is 0 Å². The van der Waals surface area contributed by atoms with Crippen molar-refractivity contribution in [2.75, 3.05) is 38.1 Å². The summed E-state index contributed by atoms with van der Waals surface area (Å²) in [6.07, 6.45) is 6.97. The maximum absolute atomic E-state index is 14.4. The van der Waals surface area contributed by atoms with Crippen molar-refractivity contribution >= 4 is 39.1 Å². The largest absolute Gasteiger partial charge is 0.490 e. The lowest BCUT2D eigenvalue weighted by molar-refractivity contribution is -0.137. The van der Waals surface area contributed by atoms with Gasteiger partial charge in [-0.3, -0.25) is 14.3 Å². The molecule has 0 aromatic heterocycles. The second kappa shape index (κ2) is 17.0. The molecule has 0 bridgehead atoms. The van der Waals surface area contributed by atoms with Gasteiger partial charge in [-0.1, -0.05) is 37.8 Å². The van der Waals surface area contributed by atoms with Crippen molar-refractivity contribution in [1.82, 2.24) is 9.80 Å². The predicted octanol–water partition coefficient (Wildman–Crippen LogP) is 5.98. The SMILES string of the molecule is C[C@@H]1CCCCO[C@@H](CN(C)C(=O)C2CCCCC2)[C@@H](C)CN([C@H](C)CO)C(=O)c2cc(NS(=O)(=O)c3ccc(Cl)cc3)ccc2O1. The van der Waals surface area contributed by atoms with Crippen molar-refractivity contribution in [1.29, 1.82) is 0 Å². The van der Waals surface area contributed by atoms with Gasteiger partial charge in [-0.25, -0.2) is 8.42 Å². The number of ether oxygens (including phenoxy) is 2. The number of hydrogen-bond acceptors (Lipinski definition) is 7. The summed E-state index contributed by atoms with van der Waals surface area (Å²) in [6, 6.07) is 9.91. The van der Waals surface area contributed by atoms with Crippen molar-refractivity contribution in [3.63, 3.8) is 0 Å². The Balaban J connectivity index is 1.64. The van der Waals surface area contributed by atoms with Crippen molar-refractivity contribution in [3.8, 4) is 5.75 Å². The van der Waals surface area contributed by atoms with Crippen LogP contribution in [0.25, 0.3) is 0 Å². The van der Waals surface area contributed by atoms with Crippen LogP contribution < -0.4 is 9.46 Å². The smallest absolute Gasteiger partial charge is 0.261 e. The van der Waals surface area contributed by atoms with Crippen LogP contribution >= 0.6 is 11.6 Å². The number of halogens is 1. The summed E-state index contributed by atoms with van der Waals surface area (Å²) in [4.78, 5) is 31.1. The summed E-state index contributed by atoms with van der Waals surface area (Å²) < 4.78 is 41.6. The zero-order chi connectivity index (χ0) is 34.1. The minimum absolute atomic E-state index is 0.0283. The highest BCUT2D eigenvalue weighted by Crippen LogP contribution is 2.30. The molecule has 1 aliphatic carbocycles. The summed E-state index contributed by atoms with van der Waals surface area (Å²) in [5, 5.41) is 10.6. The van der Waals surface area contributed by atoms with E-state index in [1.807, 2.05) is 20.9 Å². The van der Waals surface area contributed by atoms with Crippen molar-refractivity contribution in [2.45, 2.75) is 95.3 Å². The number of hydrogen-bond donors (Lipinski definition) is 2. The van der Waals surface area contributed by atoms with Gasteiger partial charge in [0.25, 0.3) is 15.9 Å². The number of benzene rings is 2. The number of amides is 2. The van der Waals surface area contributed by atoms with Gasteiger partial charge in [0, 0.05) is 49.3 Å². The number of aliphatic hydroxyl groups is 1. The molecule has 4 rings (SSSR count). The molecule has 2 N–H and O–H groups in total. The summed E-state index contributed by atoms with van der Waals surface area (Å²) in [6.45, 7) is 6.58. The standard InChI is InChI=1S/C35H50ClN3O7S/c1-24-21-39(25(2)23-40)35(42)31-20-29(37-47(43,44)30-16-13-28(36)14-17-30)15-18-32(31)46-26(3)10-8-9-19-45-33(24)22-38(4)34(41)27-11-6-5-7-12-27/h13-18,20,24-27,33,37,40H,5-12,19,21-23H2,1-4H3/t24-,25+,26+,33-/m0/s1. The minimum atomic E-state index is -3.97. The average molecular weight is 692 g/mol. The third kappa shape index (κ3) is 10.1. The number of carbonyl (C=O) groups excluding carboxylic acids is 2. The van der Waals surface area contributed by atoms with Gasteiger partial charge in [-0.2, -0.15) is 0 Å². The van der Waals surface area contributed by atoms with Crippen LogP contribution in [0.4, 0.5) is 5.69 Å². The molecular formula is C35H50ClN3O7S. The van der Waals surface area contributed by atoms with Crippen LogP contribution in [-0.2, 0) is 19.6 Å². The average Bonchev–Trinajstić information content (AvgIpc) is 3.06. The fraction of sp³-hybridized carbons (Fsp3) is 0.600. The van der Waals surface area contributed by atoms with E-state index >= 15 is 0 Å². The van der Waals surface area contributed by atoms with E-state index < -0.39 is 22.0 Å². The van der Waals surface area contributed by atoms with Crippen molar-refractivity contribution in [3.05, 3.63) is 53.1 Å². The van der Waals surface area contributed by atoms with Crippen LogP contribution in [0.1, 0.15) is 82.5 Å². The molecular weight excluding hydrogens is 642 g/mol. The molecule has 1 fully saturated rings. The fourth-order valence-corrected chi connectivity index (χ4v) is 7.47. The number of likely N-dealkylation sites (N-methyl/N-ethyl adjacent to an activating group) is 1. The van der Waals surface area contributed by atoms with Gasteiger partial charge in [0.1, 0.15) is 5.75 Å². The molecule has 1 saturated carbocycles. The number of nitrogens with zero attached hydrogens (tertiary/aromatic N) is 2. The van der Waals surface area contributed by atoms with Crippen LogP contribution in [-0.4, -0.2) is 86.7 Å². The monoisotopic (exact) mass is 691 g/mol. The van der Waals surface area contributed by atoms with Gasteiger partial charge < -0.3 is 24.4 Å². The highest BCUT2D eigenvalue weighted by Gasteiger charge is 2.32. The van der Waals surface area contributed by atoms with Gasteiger partial charge in [-0.05, 0) is 88.4 Å². The lowest BCUT2D eigenvalue weighted by Crippen LogP contribution is -2.48. The van der Waals surface area contributed by atoms with Crippen LogP contribution in [0.3, 0.4) is 0 Å². The van der Waals surface area contributed by atoms with Crippen molar-refractivity contribution in [2.24, 2.45) is 11.8 Å². The van der Waals surface area contributed by atoms with Gasteiger partial charge in [-0.15, -0.1) is 0 Å². The molecule has 47 heavy (non-hydrogen) atoms. The third-order valence-electron chi connectivity index (χ3n) is 9.21. The Morgan fingerprint density at radius 2 is 1.74 bits per heavy atom. The van der Waals surface area contributed by atoms with Gasteiger partial charge in [0.2, 0.25) is 5.91 Å². The lowest BCUT2D eigenvalue weighted by Gasteiger charge is -2.36. The molecule has 0 radical (unpaired) electrons. The zero-order valence-electron chi connectivity index (χ0n) is 28.0. The molecule has 2 aromatic rings. The number of rotatable bonds is 8. The lowest BCUT2D eigenvalue weighted by atomic mass is 9.88. The molecule has 1 aliphatic heterocycles. The minimum Gasteiger partial charge on any atom is -0.490 e. The molecule has 2 amide bonds. The summed E-state index contributed by atoms with van der Waals surface area (Å²) in [5.41, 5.74) is 0.373. The first-order chi connectivity index (χ1) is 22.4. The maximum Gasteiger partial charge on any atom is 0.261 e. The Hall–Kier alpha value is -2.86. The Kier molecular flexibility index (Phi) is 13.4. The number of anilines is 1. The molecule has 12 heteroatoms. The van der Waals surface area contributed by atoms with E-state index in [0.29, 0.717) is 23.9 Å². The highest BCUT2D eigenvalue weighted by atomic mass is 35.5. The topological polar surface area (TPSA) is 125 Å². The second-order valence-electron chi connectivity index (χ2n) is 13.1. The molecule has 2 aromatic carbocycles. The number of nitrogens with one attached hydrogen (secondary N) is 1. The predicted molar refractivity (Wildman–Crippen MR) is 183 cm³/mol. The number of aliphatic hydroxyl groups excluding tert-OH is 1. The molecule has 260 valence electrons.